The van der Waals surface area contributed by atoms with Gasteiger partial charge in [0.25, 0.3) is 0 Å². The minimum atomic E-state index is 0.317. The van der Waals surface area contributed by atoms with Crippen LogP contribution in [0.5, 0.6) is 0 Å². The van der Waals surface area contributed by atoms with E-state index >= 15 is 0 Å². The Labute approximate surface area is 58.6 Å². The molecule has 0 saturated heterocycles. The van der Waals surface area contributed by atoms with Gasteiger partial charge in [0.1, 0.15) is 0 Å². The summed E-state index contributed by atoms with van der Waals surface area (Å²) in [6.07, 6.45) is 2.89. The van der Waals surface area contributed by atoms with Gasteiger partial charge in [0.2, 0.25) is 5.69 Å². The lowest BCUT2D eigenvalue weighted by molar-refractivity contribution is 1.34. The van der Waals surface area contributed by atoms with E-state index in [2.05, 4.69) is 14.7 Å². The largest absolute Gasteiger partial charge is 0.279 e. The van der Waals surface area contributed by atoms with Crippen LogP contribution in [0.4, 0.5) is 11.4 Å². The predicted molar refractivity (Wildman–Crippen MR) is 36.8 cm³/mol. The lowest BCUT2D eigenvalue weighted by Gasteiger charge is -1.88. The first-order valence-electron chi connectivity index (χ1n) is 2.57. The Bertz CT molecular complexity index is 283. The molecule has 0 amide bonds. The second kappa shape index (κ2) is 2.61. The van der Waals surface area contributed by atoms with E-state index < -0.39 is 0 Å². The second-order valence-corrected chi connectivity index (χ2v) is 1.59. The molecule has 1 rings (SSSR count). The Morgan fingerprint density at radius 2 is 1.90 bits per heavy atom. The molecule has 1 aromatic heterocycles. The van der Waals surface area contributed by atoms with Crippen LogP contribution in [0.2, 0.25) is 0 Å². The molecule has 0 unspecified atom stereocenters. The smallest absolute Gasteiger partial charge is 0.212 e. The third-order valence-electron chi connectivity index (χ3n) is 1.02. The summed E-state index contributed by atoms with van der Waals surface area (Å²) in [5.74, 6) is 0. The van der Waals surface area contributed by atoms with Crippen LogP contribution in [0.1, 0.15) is 0 Å². The average Bonchev–Trinajstić information content (AvgIpc) is 2.04. The lowest BCUT2D eigenvalue weighted by atomic mass is 10.4. The lowest BCUT2D eigenvalue weighted by Crippen LogP contribution is -1.66. The van der Waals surface area contributed by atoms with Crippen molar-refractivity contribution in [3.63, 3.8) is 0 Å². The molecule has 1 aromatic rings. The van der Waals surface area contributed by atoms with Crippen molar-refractivity contribution in [3.8, 4) is 0 Å². The van der Waals surface area contributed by atoms with Crippen LogP contribution in [0.25, 0.3) is 9.69 Å². The molecule has 0 N–H and O–H groups in total. The number of nitrogens with zero attached hydrogens (tertiary/aromatic N) is 3. The number of aromatic nitrogens is 1. The van der Waals surface area contributed by atoms with Crippen molar-refractivity contribution < 1.29 is 0 Å². The third kappa shape index (κ3) is 0.936. The van der Waals surface area contributed by atoms with E-state index in [9.17, 15) is 0 Å². The average molecular weight is 129 g/mol. The zero-order valence-corrected chi connectivity index (χ0v) is 5.07. The number of hydrogen-bond acceptors (Lipinski definition) is 1. The van der Waals surface area contributed by atoms with E-state index in [4.69, 9.17) is 13.1 Å². The molecule has 0 saturated carbocycles. The topological polar surface area (TPSA) is 21.6 Å². The minimum Gasteiger partial charge on any atom is -0.279 e. The van der Waals surface area contributed by atoms with Crippen molar-refractivity contribution in [3.05, 3.63) is 41.3 Å². The molecule has 0 aliphatic rings. The molecule has 3 heteroatoms. The monoisotopic (exact) mass is 129 g/mol. The molecule has 0 aliphatic carbocycles. The molecule has 1 heterocycles. The van der Waals surface area contributed by atoms with Crippen molar-refractivity contribution in [2.24, 2.45) is 0 Å². The SMILES string of the molecule is [C-]#[N+]c1ccncc1[N+]#[C-]. The van der Waals surface area contributed by atoms with Crippen LogP contribution in [-0.4, -0.2) is 4.98 Å². The van der Waals surface area contributed by atoms with Gasteiger partial charge >= 0.3 is 0 Å². The van der Waals surface area contributed by atoms with Gasteiger partial charge in [0.05, 0.1) is 13.1 Å². The number of hydrogen-bond donors (Lipinski definition) is 0. The molecule has 0 bridgehead atoms. The van der Waals surface area contributed by atoms with Crippen molar-refractivity contribution in [2.45, 2.75) is 0 Å². The van der Waals surface area contributed by atoms with E-state index in [0.717, 1.165) is 0 Å². The summed E-state index contributed by atoms with van der Waals surface area (Å²) in [5, 5.41) is 0. The van der Waals surface area contributed by atoms with E-state index in [1.165, 1.54) is 18.5 Å². The molecule has 0 aliphatic heterocycles. The van der Waals surface area contributed by atoms with Crippen LogP contribution in [0, 0.1) is 13.1 Å². The van der Waals surface area contributed by atoms with Crippen LogP contribution in [0.3, 0.4) is 0 Å². The molecule has 0 atom stereocenters. The summed E-state index contributed by atoms with van der Waals surface area (Å²) in [6.45, 7) is 13.3. The molecule has 0 radical (unpaired) electrons. The fourth-order valence-corrected chi connectivity index (χ4v) is 0.559. The highest BCUT2D eigenvalue weighted by Crippen LogP contribution is 2.25. The molecular formula is C7H3N3. The van der Waals surface area contributed by atoms with Gasteiger partial charge in [0, 0.05) is 12.4 Å². The van der Waals surface area contributed by atoms with Gasteiger partial charge in [-0.3, -0.25) is 4.98 Å². The molecule has 0 aromatic carbocycles. The van der Waals surface area contributed by atoms with E-state index in [-0.39, 0.29) is 0 Å². The second-order valence-electron chi connectivity index (χ2n) is 1.59. The zero-order chi connectivity index (χ0) is 7.40. The van der Waals surface area contributed by atoms with E-state index in [1.54, 1.807) is 0 Å². The van der Waals surface area contributed by atoms with Gasteiger partial charge < -0.3 is 0 Å². The normalized spacial score (nSPS) is 7.80. The standard InChI is InChI=1S/C7H3N3/c1-8-6-3-4-10-5-7(6)9-2/h3-5H. The Morgan fingerprint density at radius 3 is 2.40 bits per heavy atom. The van der Waals surface area contributed by atoms with Gasteiger partial charge in [-0.1, -0.05) is 0 Å². The van der Waals surface area contributed by atoms with Gasteiger partial charge in [0.15, 0.2) is 5.69 Å². The van der Waals surface area contributed by atoms with E-state index in [0.29, 0.717) is 11.4 Å². The molecule has 46 valence electrons. The maximum Gasteiger partial charge on any atom is 0.212 e. The summed E-state index contributed by atoms with van der Waals surface area (Å²) in [7, 11) is 0. The summed E-state index contributed by atoms with van der Waals surface area (Å²) in [4.78, 5) is 9.96. The van der Waals surface area contributed by atoms with Crippen molar-refractivity contribution in [2.75, 3.05) is 0 Å². The first-order chi connectivity index (χ1) is 4.88. The minimum absolute atomic E-state index is 0.317. The zero-order valence-electron chi connectivity index (χ0n) is 5.07. The van der Waals surface area contributed by atoms with Crippen LogP contribution in [0.15, 0.2) is 18.5 Å². The Balaban J connectivity index is 3.28. The summed E-state index contributed by atoms with van der Waals surface area (Å²) in [6, 6.07) is 1.53. The van der Waals surface area contributed by atoms with Crippen molar-refractivity contribution in [1.29, 1.82) is 0 Å². The van der Waals surface area contributed by atoms with E-state index in [1.807, 2.05) is 0 Å². The fraction of sp³-hybridized carbons (Fsp3) is 0. The quantitative estimate of drug-likeness (QED) is 0.492. The van der Waals surface area contributed by atoms with Crippen LogP contribution >= 0.6 is 0 Å². The summed E-state index contributed by atoms with van der Waals surface area (Å²) < 4.78 is 0. The van der Waals surface area contributed by atoms with Gasteiger partial charge in [-0.05, 0) is 6.07 Å². The Hall–Kier alpha value is -1.87. The maximum absolute atomic E-state index is 6.64. The summed E-state index contributed by atoms with van der Waals surface area (Å²) in [5.41, 5.74) is 0.683. The maximum atomic E-state index is 6.64. The van der Waals surface area contributed by atoms with Gasteiger partial charge in [-0.2, -0.15) is 0 Å². The Kier molecular flexibility index (Phi) is 1.63. The highest BCUT2D eigenvalue weighted by Gasteiger charge is 1.97. The molecule has 10 heavy (non-hydrogen) atoms. The van der Waals surface area contributed by atoms with Crippen LogP contribution < -0.4 is 0 Å². The number of rotatable bonds is 0. The van der Waals surface area contributed by atoms with Crippen molar-refractivity contribution >= 4 is 11.4 Å². The van der Waals surface area contributed by atoms with Crippen LogP contribution in [-0.2, 0) is 0 Å². The molecular weight excluding hydrogens is 126 g/mol. The fourth-order valence-electron chi connectivity index (χ4n) is 0.559. The first-order valence-corrected chi connectivity index (χ1v) is 2.57. The molecule has 0 spiro atoms. The molecule has 0 fully saturated rings. The van der Waals surface area contributed by atoms with Crippen molar-refractivity contribution in [1.82, 2.24) is 4.98 Å². The highest BCUT2D eigenvalue weighted by molar-refractivity contribution is 5.68. The third-order valence-corrected chi connectivity index (χ3v) is 1.02. The summed E-state index contributed by atoms with van der Waals surface area (Å²) >= 11 is 0. The number of pyridine rings is 1. The first kappa shape index (κ1) is 6.25. The molecule has 3 nitrogen and oxygen atoms in total. The predicted octanol–water partition coefficient (Wildman–Crippen LogP) is 2.18. The van der Waals surface area contributed by atoms with Gasteiger partial charge in [-0.15, -0.1) is 0 Å². The highest BCUT2D eigenvalue weighted by atomic mass is 14.8. The van der Waals surface area contributed by atoms with Gasteiger partial charge in [-0.25, -0.2) is 9.69 Å². The Morgan fingerprint density at radius 1 is 1.20 bits per heavy atom.